The molecule has 4 nitrogen and oxygen atoms in total. The van der Waals surface area contributed by atoms with Crippen molar-refractivity contribution >= 4 is 27.4 Å². The first-order chi connectivity index (χ1) is 25.3. The maximum atomic E-state index is 5.45. The number of nitrogens with zero attached hydrogens (tertiary/aromatic N) is 4. The van der Waals surface area contributed by atoms with Gasteiger partial charge in [0.2, 0.25) is 0 Å². The first-order valence-electron chi connectivity index (χ1n) is 17.2. The van der Waals surface area contributed by atoms with Gasteiger partial charge in [0.15, 0.2) is 5.82 Å². The summed E-state index contributed by atoms with van der Waals surface area (Å²) in [7, 11) is 0. The Hall–Kier alpha value is -6.78. The molecule has 0 bridgehead atoms. The fourth-order valence-corrected chi connectivity index (χ4v) is 6.78. The second-order valence-corrected chi connectivity index (χ2v) is 12.6. The molecule has 0 radical (unpaired) electrons. The van der Waals surface area contributed by atoms with Crippen molar-refractivity contribution < 1.29 is 0 Å². The molecule has 240 valence electrons. The molecule has 1 aliphatic carbocycles. The number of benzene rings is 5. The van der Waals surface area contributed by atoms with Crippen molar-refractivity contribution in [2.75, 3.05) is 0 Å². The van der Waals surface area contributed by atoms with E-state index in [0.717, 1.165) is 90.0 Å². The van der Waals surface area contributed by atoms with Crippen molar-refractivity contribution in [2.24, 2.45) is 0 Å². The quantitative estimate of drug-likeness (QED) is 0.168. The minimum Gasteiger partial charge on any atom is -0.245 e. The van der Waals surface area contributed by atoms with Crippen LogP contribution in [0, 0.1) is 0 Å². The zero-order chi connectivity index (χ0) is 34.0. The van der Waals surface area contributed by atoms with Crippen LogP contribution in [0.1, 0.15) is 12.2 Å². The molecule has 0 fully saturated rings. The molecule has 1 aliphatic rings. The standard InChI is InChI=1S/C47H32N4/c1-2-7-23-36(22-6-1)47-50-42(34-20-12-5-13-21-34)31-44(51-47)38-25-15-14-24-37(38)43-30-40(32-16-8-3-9-17-32)39-28-26-35-27-29-41(33-18-10-4-11-19-33)48-45(35)46(39)49-43/h1-6,8-31H,7H2. The molecule has 0 saturated carbocycles. The average Bonchev–Trinajstić information content (AvgIpc) is 3.51. The number of allylic oxidation sites excluding steroid dienone is 6. The highest BCUT2D eigenvalue weighted by atomic mass is 14.9. The number of fused-ring (bicyclic) bond motifs is 3. The fourth-order valence-electron chi connectivity index (χ4n) is 6.78. The van der Waals surface area contributed by atoms with Crippen LogP contribution in [0.5, 0.6) is 0 Å². The topological polar surface area (TPSA) is 51.6 Å². The highest BCUT2D eigenvalue weighted by Crippen LogP contribution is 2.39. The van der Waals surface area contributed by atoms with E-state index < -0.39 is 0 Å². The van der Waals surface area contributed by atoms with E-state index in [-0.39, 0.29) is 0 Å². The van der Waals surface area contributed by atoms with Crippen molar-refractivity contribution in [3.05, 3.63) is 188 Å². The third-order valence-corrected chi connectivity index (χ3v) is 9.32. The first kappa shape index (κ1) is 30.3. The molecule has 0 unspecified atom stereocenters. The predicted octanol–water partition coefficient (Wildman–Crippen LogP) is 11.8. The Morgan fingerprint density at radius 3 is 1.73 bits per heavy atom. The van der Waals surface area contributed by atoms with Crippen LogP contribution in [0.2, 0.25) is 0 Å². The molecule has 4 heteroatoms. The van der Waals surface area contributed by atoms with Gasteiger partial charge >= 0.3 is 0 Å². The number of pyridine rings is 2. The lowest BCUT2D eigenvalue weighted by atomic mass is 9.94. The fraction of sp³-hybridized carbons (Fsp3) is 0.0213. The van der Waals surface area contributed by atoms with Gasteiger partial charge in [-0.1, -0.05) is 164 Å². The zero-order valence-electron chi connectivity index (χ0n) is 27.8. The summed E-state index contributed by atoms with van der Waals surface area (Å²) in [6.45, 7) is 0. The Balaban J connectivity index is 1.29. The monoisotopic (exact) mass is 652 g/mol. The Morgan fingerprint density at radius 2 is 1.00 bits per heavy atom. The molecule has 3 aromatic heterocycles. The van der Waals surface area contributed by atoms with Crippen LogP contribution in [0.4, 0.5) is 0 Å². The van der Waals surface area contributed by atoms with E-state index in [1.807, 2.05) is 36.4 Å². The van der Waals surface area contributed by atoms with Crippen LogP contribution in [0.15, 0.2) is 182 Å². The maximum Gasteiger partial charge on any atom is 0.160 e. The van der Waals surface area contributed by atoms with Gasteiger partial charge in [-0.05, 0) is 35.7 Å². The third kappa shape index (κ3) is 5.94. The van der Waals surface area contributed by atoms with E-state index in [4.69, 9.17) is 19.9 Å². The predicted molar refractivity (Wildman–Crippen MR) is 211 cm³/mol. The summed E-state index contributed by atoms with van der Waals surface area (Å²) in [6.07, 6.45) is 11.3. The molecule has 0 spiro atoms. The molecule has 8 aromatic rings. The molecule has 0 saturated heterocycles. The smallest absolute Gasteiger partial charge is 0.160 e. The largest absolute Gasteiger partial charge is 0.245 e. The van der Waals surface area contributed by atoms with E-state index in [0.29, 0.717) is 5.82 Å². The minimum absolute atomic E-state index is 0.696. The highest BCUT2D eigenvalue weighted by Gasteiger charge is 2.18. The molecule has 0 aliphatic heterocycles. The molecular weight excluding hydrogens is 621 g/mol. The van der Waals surface area contributed by atoms with Gasteiger partial charge in [0, 0.05) is 38.6 Å². The Bertz CT molecular complexity index is 2640. The summed E-state index contributed by atoms with van der Waals surface area (Å²) in [5.74, 6) is 0.696. The van der Waals surface area contributed by atoms with E-state index >= 15 is 0 Å². The van der Waals surface area contributed by atoms with Crippen molar-refractivity contribution in [3.63, 3.8) is 0 Å². The summed E-state index contributed by atoms with van der Waals surface area (Å²) in [4.78, 5) is 21.0. The molecule has 0 atom stereocenters. The molecule has 0 amide bonds. The third-order valence-electron chi connectivity index (χ3n) is 9.32. The van der Waals surface area contributed by atoms with Gasteiger partial charge in [-0.3, -0.25) is 0 Å². The maximum absolute atomic E-state index is 5.45. The van der Waals surface area contributed by atoms with Crippen LogP contribution < -0.4 is 0 Å². The van der Waals surface area contributed by atoms with E-state index in [1.165, 1.54) is 0 Å². The summed E-state index contributed by atoms with van der Waals surface area (Å²) in [6, 6.07) is 52.5. The van der Waals surface area contributed by atoms with Crippen LogP contribution in [-0.2, 0) is 0 Å². The SMILES string of the molecule is C1=CCC=C(c2nc(-c3ccccc3)cc(-c3ccccc3-c3cc(-c4ccccc4)c4ccc5ccc(-c6ccccc6)nc5c4n3)n2)C=C1. The Kier molecular flexibility index (Phi) is 7.88. The second kappa shape index (κ2) is 13.3. The zero-order valence-corrected chi connectivity index (χ0v) is 27.8. The van der Waals surface area contributed by atoms with Gasteiger partial charge in [0.1, 0.15) is 0 Å². The van der Waals surface area contributed by atoms with Crippen molar-refractivity contribution in [2.45, 2.75) is 6.42 Å². The van der Waals surface area contributed by atoms with Gasteiger partial charge in [0.25, 0.3) is 0 Å². The number of aromatic nitrogens is 4. The molecule has 51 heavy (non-hydrogen) atoms. The second-order valence-electron chi connectivity index (χ2n) is 12.6. The van der Waals surface area contributed by atoms with Crippen LogP contribution in [-0.4, -0.2) is 19.9 Å². The molecule has 0 N–H and O–H groups in total. The molecular formula is C47H32N4. The summed E-state index contributed by atoms with van der Waals surface area (Å²) < 4.78 is 0. The first-order valence-corrected chi connectivity index (χ1v) is 17.2. The average molecular weight is 653 g/mol. The van der Waals surface area contributed by atoms with Crippen LogP contribution in [0.25, 0.3) is 83.5 Å². The lowest BCUT2D eigenvalue weighted by molar-refractivity contribution is 1.13. The minimum atomic E-state index is 0.696. The van der Waals surface area contributed by atoms with Crippen molar-refractivity contribution in [3.8, 4) is 56.2 Å². The molecule has 3 heterocycles. The van der Waals surface area contributed by atoms with Crippen LogP contribution >= 0.6 is 0 Å². The summed E-state index contributed by atoms with van der Waals surface area (Å²) in [5.41, 5.74) is 12.5. The van der Waals surface area contributed by atoms with Gasteiger partial charge < -0.3 is 0 Å². The van der Waals surface area contributed by atoms with Gasteiger partial charge in [-0.25, -0.2) is 19.9 Å². The lowest BCUT2D eigenvalue weighted by Crippen LogP contribution is -2.00. The number of hydrogen-bond acceptors (Lipinski definition) is 4. The summed E-state index contributed by atoms with van der Waals surface area (Å²) in [5, 5.41) is 2.11. The number of rotatable bonds is 6. The van der Waals surface area contributed by atoms with Crippen molar-refractivity contribution in [1.82, 2.24) is 19.9 Å². The number of hydrogen-bond donors (Lipinski definition) is 0. The van der Waals surface area contributed by atoms with E-state index in [9.17, 15) is 0 Å². The van der Waals surface area contributed by atoms with E-state index in [1.54, 1.807) is 0 Å². The highest BCUT2D eigenvalue weighted by molar-refractivity contribution is 6.10. The van der Waals surface area contributed by atoms with Crippen LogP contribution in [0.3, 0.4) is 0 Å². The Morgan fingerprint density at radius 1 is 0.412 bits per heavy atom. The van der Waals surface area contributed by atoms with Gasteiger partial charge in [-0.15, -0.1) is 0 Å². The van der Waals surface area contributed by atoms with Gasteiger partial charge in [-0.2, -0.15) is 0 Å². The van der Waals surface area contributed by atoms with E-state index in [2.05, 4.69) is 146 Å². The van der Waals surface area contributed by atoms with Gasteiger partial charge in [0.05, 0.1) is 33.8 Å². The lowest BCUT2D eigenvalue weighted by Gasteiger charge is -2.16. The molecule has 5 aromatic carbocycles. The Labute approximate surface area is 296 Å². The van der Waals surface area contributed by atoms with Crippen molar-refractivity contribution in [1.29, 1.82) is 0 Å². The normalized spacial score (nSPS) is 12.6. The summed E-state index contributed by atoms with van der Waals surface area (Å²) >= 11 is 0. The molecule has 9 rings (SSSR count).